The maximum absolute atomic E-state index is 11.3. The van der Waals surface area contributed by atoms with Gasteiger partial charge >= 0.3 is 0 Å². The van der Waals surface area contributed by atoms with E-state index >= 15 is 0 Å². The van der Waals surface area contributed by atoms with Gasteiger partial charge in [-0.3, -0.25) is 4.79 Å². The SMILES string of the molecule is N#CCC(=O)Nc1ccc(-c2nc3ccccc3o2)cc1. The molecule has 2 aromatic carbocycles. The Hall–Kier alpha value is -3.13. The van der Waals surface area contributed by atoms with Crippen molar-refractivity contribution in [3.05, 3.63) is 48.5 Å². The standard InChI is InChI=1S/C16H11N3O2/c17-10-9-15(20)18-12-7-5-11(6-8-12)16-19-13-3-1-2-4-14(13)21-16/h1-8H,9H2,(H,18,20). The predicted octanol–water partition coefficient (Wildman–Crippen LogP) is 3.35. The number of carbonyl (C=O) groups excluding carboxylic acids is 1. The minimum absolute atomic E-state index is 0.160. The van der Waals surface area contributed by atoms with Crippen molar-refractivity contribution in [2.45, 2.75) is 6.42 Å². The molecule has 1 aromatic heterocycles. The first-order valence-electron chi connectivity index (χ1n) is 6.39. The third kappa shape index (κ3) is 2.74. The number of anilines is 1. The van der Waals surface area contributed by atoms with Crippen molar-refractivity contribution < 1.29 is 9.21 Å². The van der Waals surface area contributed by atoms with E-state index in [1.807, 2.05) is 36.4 Å². The fourth-order valence-corrected chi connectivity index (χ4v) is 1.97. The largest absolute Gasteiger partial charge is 0.436 e. The minimum Gasteiger partial charge on any atom is -0.436 e. The van der Waals surface area contributed by atoms with Gasteiger partial charge in [0, 0.05) is 11.3 Å². The van der Waals surface area contributed by atoms with Crippen LogP contribution in [0.2, 0.25) is 0 Å². The molecule has 1 heterocycles. The highest BCUT2D eigenvalue weighted by Gasteiger charge is 2.08. The zero-order chi connectivity index (χ0) is 14.7. The molecule has 0 bridgehead atoms. The molecular weight excluding hydrogens is 266 g/mol. The van der Waals surface area contributed by atoms with Crippen LogP contribution < -0.4 is 5.32 Å². The quantitative estimate of drug-likeness (QED) is 0.796. The topological polar surface area (TPSA) is 78.9 Å². The maximum atomic E-state index is 11.3. The number of nitriles is 1. The molecule has 0 fully saturated rings. The summed E-state index contributed by atoms with van der Waals surface area (Å²) in [5, 5.41) is 11.1. The lowest BCUT2D eigenvalue weighted by Gasteiger charge is -2.02. The second-order valence-corrected chi connectivity index (χ2v) is 4.45. The van der Waals surface area contributed by atoms with Crippen LogP contribution in [0, 0.1) is 11.3 Å². The van der Waals surface area contributed by atoms with E-state index in [0.717, 1.165) is 16.7 Å². The first-order valence-corrected chi connectivity index (χ1v) is 6.39. The Morgan fingerprint density at radius 2 is 1.95 bits per heavy atom. The molecule has 0 aliphatic carbocycles. The predicted molar refractivity (Wildman–Crippen MR) is 78.3 cm³/mol. The van der Waals surface area contributed by atoms with Gasteiger partial charge in [-0.1, -0.05) is 12.1 Å². The molecule has 3 rings (SSSR count). The van der Waals surface area contributed by atoms with Gasteiger partial charge in [-0.05, 0) is 36.4 Å². The molecule has 0 unspecified atom stereocenters. The summed E-state index contributed by atoms with van der Waals surface area (Å²) >= 11 is 0. The molecule has 0 saturated heterocycles. The van der Waals surface area contributed by atoms with Crippen LogP contribution in [0.5, 0.6) is 0 Å². The van der Waals surface area contributed by atoms with Crippen molar-refractivity contribution in [1.29, 1.82) is 5.26 Å². The summed E-state index contributed by atoms with van der Waals surface area (Å²) in [7, 11) is 0. The van der Waals surface area contributed by atoms with Crippen LogP contribution in [0.1, 0.15) is 6.42 Å². The summed E-state index contributed by atoms with van der Waals surface area (Å²) in [6.07, 6.45) is -0.160. The summed E-state index contributed by atoms with van der Waals surface area (Å²) in [4.78, 5) is 15.7. The second kappa shape index (κ2) is 5.47. The Balaban J connectivity index is 1.83. The van der Waals surface area contributed by atoms with E-state index in [1.54, 1.807) is 18.2 Å². The highest BCUT2D eigenvalue weighted by atomic mass is 16.3. The van der Waals surface area contributed by atoms with Crippen LogP contribution in [-0.2, 0) is 4.79 Å². The first kappa shape index (κ1) is 12.9. The maximum Gasteiger partial charge on any atom is 0.238 e. The number of hydrogen-bond acceptors (Lipinski definition) is 4. The fourth-order valence-electron chi connectivity index (χ4n) is 1.97. The summed E-state index contributed by atoms with van der Waals surface area (Å²) in [6, 6.07) is 16.5. The monoisotopic (exact) mass is 277 g/mol. The molecule has 0 spiro atoms. The summed E-state index contributed by atoms with van der Waals surface area (Å²) in [6.45, 7) is 0. The number of nitrogens with one attached hydrogen (secondary N) is 1. The van der Waals surface area contributed by atoms with Crippen molar-refractivity contribution in [2.24, 2.45) is 0 Å². The Morgan fingerprint density at radius 1 is 1.19 bits per heavy atom. The van der Waals surface area contributed by atoms with Crippen LogP contribution in [0.25, 0.3) is 22.6 Å². The number of carbonyl (C=O) groups is 1. The van der Waals surface area contributed by atoms with Gasteiger partial charge in [-0.2, -0.15) is 5.26 Å². The summed E-state index contributed by atoms with van der Waals surface area (Å²) in [5.74, 6) is 0.207. The number of oxazole rings is 1. The normalized spacial score (nSPS) is 10.2. The zero-order valence-electron chi connectivity index (χ0n) is 11.0. The van der Waals surface area contributed by atoms with Gasteiger partial charge in [0.15, 0.2) is 5.58 Å². The van der Waals surface area contributed by atoms with Gasteiger partial charge in [0.05, 0.1) is 6.07 Å². The Bertz CT molecular complexity index is 796. The number of amides is 1. The number of hydrogen-bond donors (Lipinski definition) is 1. The van der Waals surface area contributed by atoms with Gasteiger partial charge in [0.25, 0.3) is 0 Å². The van der Waals surface area contributed by atoms with Crippen LogP contribution >= 0.6 is 0 Å². The first-order chi connectivity index (χ1) is 10.3. The minimum atomic E-state index is -0.327. The van der Waals surface area contributed by atoms with E-state index in [0.29, 0.717) is 11.6 Å². The molecule has 21 heavy (non-hydrogen) atoms. The molecule has 0 saturated carbocycles. The highest BCUT2D eigenvalue weighted by molar-refractivity contribution is 5.92. The third-order valence-corrected chi connectivity index (χ3v) is 2.95. The lowest BCUT2D eigenvalue weighted by molar-refractivity contribution is -0.115. The van der Waals surface area contributed by atoms with Crippen molar-refractivity contribution in [3.8, 4) is 17.5 Å². The van der Waals surface area contributed by atoms with Crippen LogP contribution in [0.3, 0.4) is 0 Å². The van der Waals surface area contributed by atoms with Crippen molar-refractivity contribution in [2.75, 3.05) is 5.32 Å². The van der Waals surface area contributed by atoms with E-state index in [2.05, 4.69) is 10.3 Å². The fraction of sp³-hybridized carbons (Fsp3) is 0.0625. The molecule has 1 N–H and O–H groups in total. The van der Waals surface area contributed by atoms with E-state index in [4.69, 9.17) is 9.68 Å². The average Bonchev–Trinajstić information content (AvgIpc) is 2.92. The molecule has 102 valence electrons. The number of para-hydroxylation sites is 2. The summed E-state index contributed by atoms with van der Waals surface area (Å²) < 4.78 is 5.67. The van der Waals surface area contributed by atoms with Crippen LogP contribution in [0.4, 0.5) is 5.69 Å². The molecular formula is C16H11N3O2. The molecule has 0 atom stereocenters. The van der Waals surface area contributed by atoms with Gasteiger partial charge in [-0.15, -0.1) is 0 Å². The zero-order valence-corrected chi connectivity index (χ0v) is 11.0. The number of fused-ring (bicyclic) bond motifs is 1. The lowest BCUT2D eigenvalue weighted by atomic mass is 10.2. The molecule has 0 radical (unpaired) electrons. The Labute approximate surface area is 120 Å². The average molecular weight is 277 g/mol. The molecule has 0 aliphatic heterocycles. The lowest BCUT2D eigenvalue weighted by Crippen LogP contribution is -2.09. The van der Waals surface area contributed by atoms with Crippen molar-refractivity contribution in [3.63, 3.8) is 0 Å². The molecule has 0 aliphatic rings. The molecule has 1 amide bonds. The van der Waals surface area contributed by atoms with Crippen LogP contribution in [0.15, 0.2) is 52.9 Å². The Kier molecular flexibility index (Phi) is 3.36. The number of aromatic nitrogens is 1. The van der Waals surface area contributed by atoms with Gasteiger partial charge in [0.1, 0.15) is 11.9 Å². The molecule has 5 heteroatoms. The smallest absolute Gasteiger partial charge is 0.238 e. The number of nitrogens with zero attached hydrogens (tertiary/aromatic N) is 2. The van der Waals surface area contributed by atoms with Gasteiger partial charge in [-0.25, -0.2) is 4.98 Å². The van der Waals surface area contributed by atoms with Crippen molar-refractivity contribution >= 4 is 22.7 Å². The van der Waals surface area contributed by atoms with Gasteiger partial charge in [0.2, 0.25) is 11.8 Å². The van der Waals surface area contributed by atoms with E-state index < -0.39 is 0 Å². The summed E-state index contributed by atoms with van der Waals surface area (Å²) in [5.41, 5.74) is 3.00. The number of benzene rings is 2. The van der Waals surface area contributed by atoms with Crippen LogP contribution in [-0.4, -0.2) is 10.9 Å². The molecule has 3 aromatic rings. The van der Waals surface area contributed by atoms with E-state index in [1.165, 1.54) is 0 Å². The highest BCUT2D eigenvalue weighted by Crippen LogP contribution is 2.25. The van der Waals surface area contributed by atoms with E-state index in [9.17, 15) is 4.79 Å². The van der Waals surface area contributed by atoms with E-state index in [-0.39, 0.29) is 12.3 Å². The number of rotatable bonds is 3. The molecule has 5 nitrogen and oxygen atoms in total. The van der Waals surface area contributed by atoms with Crippen molar-refractivity contribution in [1.82, 2.24) is 4.98 Å². The second-order valence-electron chi connectivity index (χ2n) is 4.45. The van der Waals surface area contributed by atoms with Gasteiger partial charge < -0.3 is 9.73 Å². The third-order valence-electron chi connectivity index (χ3n) is 2.95. The Morgan fingerprint density at radius 3 is 2.67 bits per heavy atom.